The third kappa shape index (κ3) is 5.11. The molecule has 1 aromatic heterocycles. The molecule has 0 spiro atoms. The van der Waals surface area contributed by atoms with E-state index in [0.717, 1.165) is 12.1 Å². The lowest BCUT2D eigenvalue weighted by Crippen LogP contribution is -2.29. The highest BCUT2D eigenvalue weighted by Gasteiger charge is 2.15. The monoisotopic (exact) mass is 423 g/mol. The zero-order chi connectivity index (χ0) is 21.7. The summed E-state index contributed by atoms with van der Waals surface area (Å²) in [5, 5.41) is 4.00. The van der Waals surface area contributed by atoms with E-state index in [1.807, 2.05) is 30.3 Å². The minimum atomic E-state index is -0.123. The summed E-state index contributed by atoms with van der Waals surface area (Å²) in [5.74, 6) is 1.00. The van der Waals surface area contributed by atoms with Crippen molar-refractivity contribution in [1.82, 2.24) is 14.9 Å². The van der Waals surface area contributed by atoms with Crippen LogP contribution in [-0.4, -0.2) is 27.8 Å². The van der Waals surface area contributed by atoms with E-state index in [1.165, 1.54) is 17.3 Å². The Morgan fingerprint density at radius 1 is 1.10 bits per heavy atom. The number of aromatic nitrogens is 2. The molecule has 0 fully saturated rings. The number of amides is 1. The Labute approximate surface area is 181 Å². The van der Waals surface area contributed by atoms with Crippen molar-refractivity contribution in [3.63, 3.8) is 0 Å². The van der Waals surface area contributed by atoms with Crippen molar-refractivity contribution < 1.29 is 4.79 Å². The number of hydrogen-bond acceptors (Lipinski definition) is 4. The summed E-state index contributed by atoms with van der Waals surface area (Å²) in [7, 11) is 0. The standard InChI is InChI=1S/C24H29N3O2S/c1-5-17(4)18-10-12-19(13-11-18)27-23(29)20-8-6-7-9-21(20)26-24(27)30-15-22(28)25-14-16(2)3/h6-13,16-17H,5,14-15H2,1-4H3,(H,25,28)/t17-/m0/s1. The average Bonchev–Trinajstić information content (AvgIpc) is 2.76. The number of hydrogen-bond donors (Lipinski definition) is 1. The third-order valence-corrected chi connectivity index (χ3v) is 6.06. The summed E-state index contributed by atoms with van der Waals surface area (Å²) in [5.41, 5.74) is 2.52. The van der Waals surface area contributed by atoms with Crippen LogP contribution < -0.4 is 10.9 Å². The van der Waals surface area contributed by atoms with Crippen molar-refractivity contribution in [2.45, 2.75) is 45.2 Å². The Bertz CT molecular complexity index is 1070. The first kappa shape index (κ1) is 22.1. The van der Waals surface area contributed by atoms with Gasteiger partial charge in [-0.05, 0) is 48.1 Å². The van der Waals surface area contributed by atoms with Crippen LogP contribution in [0.1, 0.15) is 45.6 Å². The number of carbonyl (C=O) groups is 1. The molecule has 158 valence electrons. The van der Waals surface area contributed by atoms with Crippen LogP contribution in [0.15, 0.2) is 58.5 Å². The normalized spacial score (nSPS) is 12.3. The van der Waals surface area contributed by atoms with Crippen LogP contribution in [0.3, 0.4) is 0 Å². The van der Waals surface area contributed by atoms with E-state index in [2.05, 4.69) is 45.1 Å². The predicted molar refractivity (Wildman–Crippen MR) is 125 cm³/mol. The highest BCUT2D eigenvalue weighted by atomic mass is 32.2. The molecule has 0 saturated carbocycles. The molecule has 2 aromatic carbocycles. The van der Waals surface area contributed by atoms with Gasteiger partial charge in [0.1, 0.15) is 0 Å². The largest absolute Gasteiger partial charge is 0.355 e. The SMILES string of the molecule is CC[C@H](C)c1ccc(-n2c(SCC(=O)NCC(C)C)nc3ccccc3c2=O)cc1. The number of carbonyl (C=O) groups excluding carboxylic acids is 1. The minimum Gasteiger partial charge on any atom is -0.355 e. The summed E-state index contributed by atoms with van der Waals surface area (Å²) in [6.07, 6.45) is 1.06. The molecule has 30 heavy (non-hydrogen) atoms. The van der Waals surface area contributed by atoms with Crippen LogP contribution in [0.25, 0.3) is 16.6 Å². The summed E-state index contributed by atoms with van der Waals surface area (Å²) < 4.78 is 1.61. The van der Waals surface area contributed by atoms with Crippen LogP contribution in [0.2, 0.25) is 0 Å². The number of nitrogens with zero attached hydrogens (tertiary/aromatic N) is 2. The van der Waals surface area contributed by atoms with Gasteiger partial charge in [0.05, 0.1) is 22.3 Å². The molecule has 0 unspecified atom stereocenters. The molecule has 3 aromatic rings. The maximum atomic E-state index is 13.3. The van der Waals surface area contributed by atoms with Crippen LogP contribution in [-0.2, 0) is 4.79 Å². The van der Waals surface area contributed by atoms with Crippen molar-refractivity contribution in [2.24, 2.45) is 5.92 Å². The molecule has 3 rings (SSSR count). The van der Waals surface area contributed by atoms with Gasteiger partial charge in [-0.25, -0.2) is 4.98 Å². The van der Waals surface area contributed by atoms with Crippen LogP contribution in [0, 0.1) is 5.92 Å². The van der Waals surface area contributed by atoms with Crippen molar-refractivity contribution in [3.05, 3.63) is 64.4 Å². The van der Waals surface area contributed by atoms with Crippen molar-refractivity contribution in [3.8, 4) is 5.69 Å². The lowest BCUT2D eigenvalue weighted by molar-refractivity contribution is -0.118. The Morgan fingerprint density at radius 2 is 1.80 bits per heavy atom. The number of benzene rings is 2. The van der Waals surface area contributed by atoms with Gasteiger partial charge in [0.2, 0.25) is 5.91 Å². The Balaban J connectivity index is 1.99. The smallest absolute Gasteiger partial charge is 0.266 e. The second-order valence-corrected chi connectivity index (χ2v) is 8.88. The van der Waals surface area contributed by atoms with Gasteiger partial charge in [-0.3, -0.25) is 14.2 Å². The van der Waals surface area contributed by atoms with Crippen molar-refractivity contribution >= 4 is 28.6 Å². The molecule has 0 bridgehead atoms. The minimum absolute atomic E-state index is 0.0604. The fourth-order valence-corrected chi connectivity index (χ4v) is 3.97. The van der Waals surface area contributed by atoms with E-state index in [1.54, 1.807) is 10.6 Å². The van der Waals surface area contributed by atoms with E-state index < -0.39 is 0 Å². The molecule has 0 saturated heterocycles. The zero-order valence-corrected chi connectivity index (χ0v) is 18.8. The molecule has 1 N–H and O–H groups in total. The van der Waals surface area contributed by atoms with Crippen LogP contribution >= 0.6 is 11.8 Å². The summed E-state index contributed by atoms with van der Waals surface area (Å²) in [6, 6.07) is 15.4. The van der Waals surface area contributed by atoms with Gasteiger partial charge < -0.3 is 5.32 Å². The maximum absolute atomic E-state index is 13.3. The molecule has 0 aliphatic heterocycles. The Hall–Kier alpha value is -2.60. The van der Waals surface area contributed by atoms with Gasteiger partial charge in [-0.1, -0.05) is 63.7 Å². The van der Waals surface area contributed by atoms with Crippen LogP contribution in [0.4, 0.5) is 0 Å². The summed E-state index contributed by atoms with van der Waals surface area (Å²) >= 11 is 1.29. The first-order valence-electron chi connectivity index (χ1n) is 10.4. The Morgan fingerprint density at radius 3 is 2.47 bits per heavy atom. The Kier molecular flexibility index (Phi) is 7.32. The van der Waals surface area contributed by atoms with E-state index in [0.29, 0.717) is 34.4 Å². The molecule has 0 radical (unpaired) electrons. The predicted octanol–water partition coefficient (Wildman–Crippen LogP) is 4.76. The second kappa shape index (κ2) is 9.94. The average molecular weight is 424 g/mol. The quantitative estimate of drug-likeness (QED) is 0.419. The fourth-order valence-electron chi connectivity index (χ4n) is 3.12. The molecule has 0 aliphatic carbocycles. The van der Waals surface area contributed by atoms with E-state index in [4.69, 9.17) is 4.98 Å². The molecular weight excluding hydrogens is 394 g/mol. The van der Waals surface area contributed by atoms with Gasteiger partial charge in [-0.15, -0.1) is 0 Å². The highest BCUT2D eigenvalue weighted by molar-refractivity contribution is 7.99. The van der Waals surface area contributed by atoms with E-state index >= 15 is 0 Å². The van der Waals surface area contributed by atoms with Gasteiger partial charge in [-0.2, -0.15) is 0 Å². The highest BCUT2D eigenvalue weighted by Crippen LogP contribution is 2.24. The van der Waals surface area contributed by atoms with Gasteiger partial charge in [0.25, 0.3) is 5.56 Å². The third-order valence-electron chi connectivity index (χ3n) is 5.12. The van der Waals surface area contributed by atoms with Crippen LogP contribution in [0.5, 0.6) is 0 Å². The first-order chi connectivity index (χ1) is 14.4. The molecule has 0 aliphatic rings. The number of fused-ring (bicyclic) bond motifs is 1. The molecule has 1 atom stereocenters. The topological polar surface area (TPSA) is 64.0 Å². The van der Waals surface area contributed by atoms with Gasteiger partial charge in [0, 0.05) is 6.54 Å². The van der Waals surface area contributed by atoms with E-state index in [9.17, 15) is 9.59 Å². The van der Waals surface area contributed by atoms with Gasteiger partial charge in [0.15, 0.2) is 5.16 Å². The second-order valence-electron chi connectivity index (χ2n) is 7.94. The van der Waals surface area contributed by atoms with Gasteiger partial charge >= 0.3 is 0 Å². The summed E-state index contributed by atoms with van der Waals surface area (Å²) in [4.78, 5) is 30.2. The molecule has 1 amide bonds. The lowest BCUT2D eigenvalue weighted by atomic mass is 9.98. The van der Waals surface area contributed by atoms with E-state index in [-0.39, 0.29) is 17.2 Å². The number of nitrogens with one attached hydrogen (secondary N) is 1. The zero-order valence-electron chi connectivity index (χ0n) is 18.0. The molecule has 5 nitrogen and oxygen atoms in total. The fraction of sp³-hybridized carbons (Fsp3) is 0.375. The molecule has 1 heterocycles. The molecule has 6 heteroatoms. The molecular formula is C24H29N3O2S. The lowest BCUT2D eigenvalue weighted by Gasteiger charge is -2.15. The van der Waals surface area contributed by atoms with Crippen molar-refractivity contribution in [1.29, 1.82) is 0 Å². The number of thioether (sulfide) groups is 1. The number of para-hydroxylation sites is 1. The maximum Gasteiger partial charge on any atom is 0.266 e. The summed E-state index contributed by atoms with van der Waals surface area (Å²) in [6.45, 7) is 9.09. The first-order valence-corrected chi connectivity index (χ1v) is 11.4. The number of rotatable bonds is 8. The van der Waals surface area contributed by atoms with Crippen molar-refractivity contribution in [2.75, 3.05) is 12.3 Å².